The first-order chi connectivity index (χ1) is 22.0. The van der Waals surface area contributed by atoms with Gasteiger partial charge in [-0.3, -0.25) is 13.8 Å². The highest BCUT2D eigenvalue weighted by molar-refractivity contribution is 7.47. The highest BCUT2D eigenvalue weighted by Crippen LogP contribution is 2.43. The van der Waals surface area contributed by atoms with Crippen LogP contribution in [0.3, 0.4) is 0 Å². The van der Waals surface area contributed by atoms with Crippen LogP contribution in [0.2, 0.25) is 0 Å². The number of phosphoric ester groups is 1. The molecule has 0 saturated heterocycles. The van der Waals surface area contributed by atoms with E-state index in [0.29, 0.717) is 23.9 Å². The zero-order valence-electron chi connectivity index (χ0n) is 30.0. The molecule has 3 atom stereocenters. The van der Waals surface area contributed by atoms with E-state index in [2.05, 4.69) is 67.8 Å². The van der Waals surface area contributed by atoms with Gasteiger partial charge in [0, 0.05) is 6.42 Å². The lowest BCUT2D eigenvalue weighted by Crippen LogP contribution is -2.46. The van der Waals surface area contributed by atoms with E-state index >= 15 is 0 Å². The van der Waals surface area contributed by atoms with Gasteiger partial charge >= 0.3 is 7.82 Å². The normalized spacial score (nSPS) is 15.4. The number of hydrogen-bond acceptors (Lipinski definition) is 5. The maximum atomic E-state index is 12.7. The van der Waals surface area contributed by atoms with Crippen molar-refractivity contribution in [2.24, 2.45) is 0 Å². The summed E-state index contributed by atoms with van der Waals surface area (Å²) < 4.78 is 23.4. The first-order valence-corrected chi connectivity index (χ1v) is 19.5. The Morgan fingerprint density at radius 3 is 1.87 bits per heavy atom. The lowest BCUT2D eigenvalue weighted by molar-refractivity contribution is -0.870. The zero-order valence-corrected chi connectivity index (χ0v) is 30.9. The van der Waals surface area contributed by atoms with E-state index in [9.17, 15) is 19.4 Å². The van der Waals surface area contributed by atoms with Crippen LogP contribution in [-0.4, -0.2) is 73.4 Å². The predicted molar refractivity (Wildman–Crippen MR) is 194 cm³/mol. The van der Waals surface area contributed by atoms with Crippen molar-refractivity contribution in [2.75, 3.05) is 40.9 Å². The molecule has 0 aromatic carbocycles. The molecule has 8 nitrogen and oxygen atoms in total. The number of rotatable bonds is 31. The number of allylic oxidation sites excluding steroid dienone is 8. The molecular weight excluding hydrogens is 599 g/mol. The lowest BCUT2D eigenvalue weighted by Gasteiger charge is -2.26. The molecule has 3 unspecified atom stereocenters. The maximum absolute atomic E-state index is 12.7. The minimum Gasteiger partial charge on any atom is -0.391 e. The Morgan fingerprint density at radius 2 is 1.30 bits per heavy atom. The van der Waals surface area contributed by atoms with Gasteiger partial charge in [-0.1, -0.05) is 120 Å². The molecule has 0 fully saturated rings. The van der Waals surface area contributed by atoms with E-state index < -0.39 is 20.0 Å². The van der Waals surface area contributed by atoms with Crippen molar-refractivity contribution in [3.05, 3.63) is 48.6 Å². The monoisotopic (exact) mass is 669 g/mol. The molecule has 3 N–H and O–H groups in total. The Kier molecular flexibility index (Phi) is 28.6. The van der Waals surface area contributed by atoms with E-state index in [1.54, 1.807) is 0 Å². The van der Waals surface area contributed by atoms with Crippen molar-refractivity contribution in [2.45, 2.75) is 142 Å². The van der Waals surface area contributed by atoms with Crippen molar-refractivity contribution in [1.82, 2.24) is 5.32 Å². The summed E-state index contributed by atoms with van der Waals surface area (Å²) in [5.74, 6) is -0.191. The third-order valence-corrected chi connectivity index (χ3v) is 8.58. The highest BCUT2D eigenvalue weighted by atomic mass is 31.2. The first kappa shape index (κ1) is 44.5. The fourth-order valence-electron chi connectivity index (χ4n) is 4.68. The van der Waals surface area contributed by atoms with Crippen LogP contribution < -0.4 is 5.32 Å². The molecule has 0 radical (unpaired) electrons. The van der Waals surface area contributed by atoms with E-state index in [1.807, 2.05) is 21.1 Å². The van der Waals surface area contributed by atoms with Gasteiger partial charge in [0.2, 0.25) is 5.91 Å². The van der Waals surface area contributed by atoms with Crippen LogP contribution in [0.15, 0.2) is 48.6 Å². The van der Waals surface area contributed by atoms with E-state index in [0.717, 1.165) is 64.2 Å². The van der Waals surface area contributed by atoms with Crippen LogP contribution in [0.25, 0.3) is 0 Å². The SMILES string of the molecule is CC/C=C\C/C=C\C/C=C\C/C=C\CCCCC(=O)NC(COP(=O)(O)OCC[N+](C)(C)C)C(O)CCCCCCCCCCC. The zero-order chi connectivity index (χ0) is 34.4. The van der Waals surface area contributed by atoms with Gasteiger partial charge in [-0.2, -0.15) is 0 Å². The molecule has 0 spiro atoms. The Hall–Kier alpha value is -1.54. The number of likely N-dealkylation sites (N-methyl/N-ethyl adjacent to an activating group) is 1. The number of unbranched alkanes of at least 4 members (excludes halogenated alkanes) is 10. The van der Waals surface area contributed by atoms with Gasteiger partial charge in [-0.25, -0.2) is 4.57 Å². The molecule has 268 valence electrons. The van der Waals surface area contributed by atoms with E-state index in [4.69, 9.17) is 9.05 Å². The molecule has 0 bridgehead atoms. The Morgan fingerprint density at radius 1 is 0.761 bits per heavy atom. The number of nitrogens with one attached hydrogen (secondary N) is 1. The molecule has 0 heterocycles. The minimum absolute atomic E-state index is 0.0641. The summed E-state index contributed by atoms with van der Waals surface area (Å²) in [6.07, 6.45) is 34.3. The number of nitrogens with zero attached hydrogens (tertiary/aromatic N) is 1. The van der Waals surface area contributed by atoms with Crippen molar-refractivity contribution in [3.8, 4) is 0 Å². The van der Waals surface area contributed by atoms with Crippen LogP contribution in [0.1, 0.15) is 129 Å². The average molecular weight is 670 g/mol. The fourth-order valence-corrected chi connectivity index (χ4v) is 5.42. The molecule has 0 rings (SSSR count). The van der Waals surface area contributed by atoms with Gasteiger partial charge in [0.15, 0.2) is 0 Å². The van der Waals surface area contributed by atoms with E-state index in [-0.39, 0.29) is 19.1 Å². The van der Waals surface area contributed by atoms with Crippen molar-refractivity contribution < 1.29 is 32.9 Å². The number of carbonyl (C=O) groups is 1. The largest absolute Gasteiger partial charge is 0.472 e. The molecular formula is C37H70N2O6P+. The quantitative estimate of drug-likeness (QED) is 0.0295. The van der Waals surface area contributed by atoms with Crippen LogP contribution in [-0.2, 0) is 18.4 Å². The Balaban J connectivity index is 4.58. The molecule has 46 heavy (non-hydrogen) atoms. The Labute approximate surface area is 282 Å². The summed E-state index contributed by atoms with van der Waals surface area (Å²) in [4.78, 5) is 22.9. The molecule has 0 aromatic rings. The van der Waals surface area contributed by atoms with Crippen molar-refractivity contribution in [3.63, 3.8) is 0 Å². The maximum Gasteiger partial charge on any atom is 0.472 e. The molecule has 0 aliphatic rings. The number of aliphatic hydroxyl groups is 1. The van der Waals surface area contributed by atoms with Gasteiger partial charge in [-0.15, -0.1) is 0 Å². The van der Waals surface area contributed by atoms with Crippen molar-refractivity contribution >= 4 is 13.7 Å². The second kappa shape index (κ2) is 29.6. The molecule has 0 aliphatic heterocycles. The predicted octanol–water partition coefficient (Wildman–Crippen LogP) is 8.96. The third kappa shape index (κ3) is 31.1. The van der Waals surface area contributed by atoms with Crippen LogP contribution in [0, 0.1) is 0 Å². The van der Waals surface area contributed by atoms with Crippen LogP contribution >= 0.6 is 7.82 Å². The lowest BCUT2D eigenvalue weighted by atomic mass is 10.0. The smallest absolute Gasteiger partial charge is 0.391 e. The summed E-state index contributed by atoms with van der Waals surface area (Å²) in [5.41, 5.74) is 0. The molecule has 0 aliphatic carbocycles. The molecule has 1 amide bonds. The summed E-state index contributed by atoms with van der Waals surface area (Å²) in [7, 11) is 1.57. The van der Waals surface area contributed by atoms with Gasteiger partial charge in [0.25, 0.3) is 0 Å². The summed E-state index contributed by atoms with van der Waals surface area (Å²) >= 11 is 0. The van der Waals surface area contributed by atoms with Gasteiger partial charge < -0.3 is 19.8 Å². The molecule has 9 heteroatoms. The summed E-state index contributed by atoms with van der Waals surface area (Å²) in [6, 6.07) is -0.779. The van der Waals surface area contributed by atoms with E-state index in [1.165, 1.54) is 38.5 Å². The number of quaternary nitrogens is 1. The number of hydrogen-bond donors (Lipinski definition) is 3. The summed E-state index contributed by atoms with van der Waals surface area (Å²) in [5, 5.41) is 13.8. The standard InChI is InChI=1S/C37H69N2O6P/c1-6-8-10-12-14-16-17-18-19-20-21-23-25-27-29-31-37(41)38-35(34-45-46(42,43)44-33-32-39(3,4)5)36(40)30-28-26-24-22-15-13-11-9-7-2/h8,10,14,16,18-19,21,23,35-36,40H,6-7,9,11-13,15,17,20,22,24-34H2,1-5H3,(H-,38,41,42,43)/p+1/b10-8-,16-14-,19-18-,23-21-. The minimum atomic E-state index is -4.31. The fraction of sp³-hybridized carbons (Fsp3) is 0.757. The number of amides is 1. The second-order valence-corrected chi connectivity index (χ2v) is 14.7. The van der Waals surface area contributed by atoms with Gasteiger partial charge in [-0.05, 0) is 51.4 Å². The van der Waals surface area contributed by atoms with Crippen LogP contribution in [0.4, 0.5) is 0 Å². The van der Waals surface area contributed by atoms with Gasteiger partial charge in [0.05, 0.1) is 39.9 Å². The van der Waals surface area contributed by atoms with Crippen molar-refractivity contribution in [1.29, 1.82) is 0 Å². The number of carbonyl (C=O) groups excluding carboxylic acids is 1. The number of phosphoric acid groups is 1. The molecule has 0 saturated carbocycles. The molecule has 0 aromatic heterocycles. The summed E-state index contributed by atoms with van der Waals surface area (Å²) in [6.45, 7) is 4.67. The topological polar surface area (TPSA) is 105 Å². The first-order valence-electron chi connectivity index (χ1n) is 18.0. The third-order valence-electron chi connectivity index (χ3n) is 7.59. The van der Waals surface area contributed by atoms with Gasteiger partial charge in [0.1, 0.15) is 13.2 Å². The number of aliphatic hydroxyl groups excluding tert-OH is 1. The van der Waals surface area contributed by atoms with Crippen LogP contribution in [0.5, 0.6) is 0 Å². The Bertz CT molecular complexity index is 897. The average Bonchev–Trinajstić information content (AvgIpc) is 2.99. The second-order valence-electron chi connectivity index (χ2n) is 13.2. The highest BCUT2D eigenvalue weighted by Gasteiger charge is 2.28.